The van der Waals surface area contributed by atoms with Crippen molar-refractivity contribution in [3.8, 4) is 28.7 Å². The van der Waals surface area contributed by atoms with Gasteiger partial charge >= 0.3 is 0 Å². The molecule has 0 unspecified atom stereocenters. The molecule has 0 spiro atoms. The summed E-state index contributed by atoms with van der Waals surface area (Å²) in [6, 6.07) is 16.1. The van der Waals surface area contributed by atoms with Crippen molar-refractivity contribution in [1.29, 1.82) is 0 Å². The topological polar surface area (TPSA) is 9.23 Å². The van der Waals surface area contributed by atoms with Gasteiger partial charge in [0.1, 0.15) is 5.75 Å². The molecule has 0 fully saturated rings. The highest BCUT2D eigenvalue weighted by molar-refractivity contribution is 5.76. The van der Waals surface area contributed by atoms with E-state index < -0.39 is 0 Å². The molecule has 0 radical (unpaired) electrons. The summed E-state index contributed by atoms with van der Waals surface area (Å²) in [6.07, 6.45) is 0. The fourth-order valence-corrected chi connectivity index (χ4v) is 1.83. The molecule has 1 heteroatoms. The predicted octanol–water partition coefficient (Wildman–Crippen LogP) is 3.73. The summed E-state index contributed by atoms with van der Waals surface area (Å²) in [7, 11) is 1.69. The monoisotopic (exact) mass is 222 g/mol. The van der Waals surface area contributed by atoms with Crippen LogP contribution in [0.3, 0.4) is 0 Å². The maximum Gasteiger partial charge on any atom is 0.126 e. The van der Waals surface area contributed by atoms with E-state index in [9.17, 15) is 0 Å². The molecule has 17 heavy (non-hydrogen) atoms. The van der Waals surface area contributed by atoms with Crippen LogP contribution in [0.15, 0.2) is 48.5 Å². The number of rotatable bonds is 2. The van der Waals surface area contributed by atoms with Crippen LogP contribution in [-0.4, -0.2) is 7.11 Å². The third-order valence-corrected chi connectivity index (χ3v) is 2.58. The summed E-state index contributed by atoms with van der Waals surface area (Å²) in [5, 5.41) is 0. The summed E-state index contributed by atoms with van der Waals surface area (Å²) < 4.78 is 5.38. The van der Waals surface area contributed by atoms with E-state index >= 15 is 0 Å². The van der Waals surface area contributed by atoms with Gasteiger partial charge in [0.2, 0.25) is 0 Å². The van der Waals surface area contributed by atoms with Crippen LogP contribution in [0.5, 0.6) is 5.75 Å². The highest BCUT2D eigenvalue weighted by Crippen LogP contribution is 2.31. The molecular weight excluding hydrogens is 208 g/mol. The average Bonchev–Trinajstić information content (AvgIpc) is 2.40. The van der Waals surface area contributed by atoms with Crippen molar-refractivity contribution in [1.82, 2.24) is 0 Å². The van der Waals surface area contributed by atoms with Crippen LogP contribution in [0.4, 0.5) is 0 Å². The Labute approximate surface area is 102 Å². The van der Waals surface area contributed by atoms with Gasteiger partial charge in [0, 0.05) is 16.7 Å². The minimum Gasteiger partial charge on any atom is -0.496 e. The van der Waals surface area contributed by atoms with Crippen molar-refractivity contribution in [2.75, 3.05) is 7.11 Å². The lowest BCUT2D eigenvalue weighted by Gasteiger charge is -2.09. The number of methoxy groups -OCH3 is 1. The lowest BCUT2D eigenvalue weighted by Crippen LogP contribution is -1.89. The molecule has 2 aromatic rings. The van der Waals surface area contributed by atoms with Crippen LogP contribution in [0.2, 0.25) is 0 Å². The Hall–Kier alpha value is -2.20. The summed E-state index contributed by atoms with van der Waals surface area (Å²) in [6.45, 7) is 1.85. The van der Waals surface area contributed by atoms with E-state index in [4.69, 9.17) is 4.74 Å². The summed E-state index contributed by atoms with van der Waals surface area (Å²) in [5.41, 5.74) is 3.21. The van der Waals surface area contributed by atoms with Gasteiger partial charge in [-0.2, -0.15) is 0 Å². The second-order valence-electron chi connectivity index (χ2n) is 3.62. The molecule has 0 N–H and O–H groups in total. The lowest BCUT2D eigenvalue weighted by atomic mass is 9.99. The van der Waals surface area contributed by atoms with Crippen molar-refractivity contribution < 1.29 is 4.74 Å². The normalized spacial score (nSPS) is 9.29. The predicted molar refractivity (Wildman–Crippen MR) is 71.0 cm³/mol. The average molecular weight is 222 g/mol. The first-order valence-electron chi connectivity index (χ1n) is 5.52. The zero-order chi connectivity index (χ0) is 12.1. The molecule has 2 aromatic carbocycles. The van der Waals surface area contributed by atoms with Gasteiger partial charge in [0.05, 0.1) is 7.11 Å². The van der Waals surface area contributed by atoms with Crippen molar-refractivity contribution in [2.24, 2.45) is 0 Å². The van der Waals surface area contributed by atoms with Crippen LogP contribution in [0.1, 0.15) is 12.5 Å². The third kappa shape index (κ3) is 2.32. The Morgan fingerprint density at radius 1 is 0.882 bits per heavy atom. The van der Waals surface area contributed by atoms with Gasteiger partial charge in [0.15, 0.2) is 0 Å². The molecule has 0 heterocycles. The zero-order valence-corrected chi connectivity index (χ0v) is 10.0. The molecule has 0 saturated carbocycles. The number of ether oxygens (including phenoxy) is 1. The minimum atomic E-state index is 0.873. The second-order valence-corrected chi connectivity index (χ2v) is 3.62. The van der Waals surface area contributed by atoms with E-state index in [2.05, 4.69) is 24.0 Å². The fourth-order valence-electron chi connectivity index (χ4n) is 1.83. The van der Waals surface area contributed by atoms with E-state index in [0.717, 1.165) is 22.4 Å². The van der Waals surface area contributed by atoms with Gasteiger partial charge in [-0.05, 0) is 19.1 Å². The highest BCUT2D eigenvalue weighted by Gasteiger charge is 2.07. The molecule has 0 aliphatic rings. The maximum absolute atomic E-state index is 5.38. The molecule has 2 rings (SSSR count). The molecule has 1 nitrogen and oxygen atoms in total. The fraction of sp³-hybridized carbons (Fsp3) is 0.125. The SMILES string of the molecule is CC#Cc1ccccc1-c1ccccc1OC. The van der Waals surface area contributed by atoms with Crippen LogP contribution < -0.4 is 4.74 Å². The molecule has 0 aromatic heterocycles. The van der Waals surface area contributed by atoms with Crippen LogP contribution >= 0.6 is 0 Å². The molecular formula is C16H14O. The first-order valence-corrected chi connectivity index (χ1v) is 5.52. The molecule has 0 aliphatic heterocycles. The summed E-state index contributed by atoms with van der Waals surface area (Å²) >= 11 is 0. The Bertz CT molecular complexity index is 573. The van der Waals surface area contributed by atoms with Gasteiger partial charge < -0.3 is 4.74 Å². The van der Waals surface area contributed by atoms with Crippen molar-refractivity contribution in [3.05, 3.63) is 54.1 Å². The van der Waals surface area contributed by atoms with Crippen molar-refractivity contribution in [3.63, 3.8) is 0 Å². The van der Waals surface area contributed by atoms with E-state index in [1.54, 1.807) is 7.11 Å². The Kier molecular flexibility index (Phi) is 3.47. The number of hydrogen-bond donors (Lipinski definition) is 0. The smallest absolute Gasteiger partial charge is 0.126 e. The third-order valence-electron chi connectivity index (χ3n) is 2.58. The van der Waals surface area contributed by atoms with E-state index in [-0.39, 0.29) is 0 Å². The van der Waals surface area contributed by atoms with E-state index in [0.29, 0.717) is 0 Å². The largest absolute Gasteiger partial charge is 0.496 e. The summed E-state index contributed by atoms with van der Waals surface area (Å²) in [4.78, 5) is 0. The number of para-hydroxylation sites is 1. The molecule has 0 aliphatic carbocycles. The molecule has 84 valence electrons. The minimum absolute atomic E-state index is 0.873. The number of benzene rings is 2. The van der Waals surface area contributed by atoms with Gasteiger partial charge in [-0.25, -0.2) is 0 Å². The van der Waals surface area contributed by atoms with Crippen LogP contribution in [-0.2, 0) is 0 Å². The first kappa shape index (κ1) is 11.3. The maximum atomic E-state index is 5.38. The van der Waals surface area contributed by atoms with Gasteiger partial charge in [-0.1, -0.05) is 42.3 Å². The van der Waals surface area contributed by atoms with Crippen LogP contribution in [0.25, 0.3) is 11.1 Å². The Balaban J connectivity index is 2.62. The standard InChI is InChI=1S/C16H14O/c1-3-8-13-9-4-5-10-14(13)15-11-6-7-12-16(15)17-2/h4-7,9-12H,1-2H3. The van der Waals surface area contributed by atoms with E-state index in [1.807, 2.05) is 43.3 Å². The van der Waals surface area contributed by atoms with Gasteiger partial charge in [-0.3, -0.25) is 0 Å². The Morgan fingerprint density at radius 2 is 1.53 bits per heavy atom. The van der Waals surface area contributed by atoms with Crippen molar-refractivity contribution in [2.45, 2.75) is 6.92 Å². The second kappa shape index (κ2) is 5.23. The van der Waals surface area contributed by atoms with E-state index in [1.165, 1.54) is 0 Å². The zero-order valence-electron chi connectivity index (χ0n) is 10.0. The van der Waals surface area contributed by atoms with Gasteiger partial charge in [0.25, 0.3) is 0 Å². The molecule has 0 bridgehead atoms. The lowest BCUT2D eigenvalue weighted by molar-refractivity contribution is 0.416. The number of hydrogen-bond acceptors (Lipinski definition) is 1. The molecule has 0 saturated heterocycles. The highest BCUT2D eigenvalue weighted by atomic mass is 16.5. The van der Waals surface area contributed by atoms with Crippen LogP contribution in [0, 0.1) is 11.8 Å². The molecule has 0 amide bonds. The summed E-state index contributed by atoms with van der Waals surface area (Å²) in [5.74, 6) is 6.93. The van der Waals surface area contributed by atoms with Gasteiger partial charge in [-0.15, -0.1) is 5.92 Å². The Morgan fingerprint density at radius 3 is 2.24 bits per heavy atom. The molecule has 0 atom stereocenters. The quantitative estimate of drug-likeness (QED) is 0.703. The van der Waals surface area contributed by atoms with Crippen molar-refractivity contribution >= 4 is 0 Å². The first-order chi connectivity index (χ1) is 8.36.